The molecule has 1 amide bonds. The Morgan fingerprint density at radius 1 is 1.53 bits per heavy atom. The zero-order chi connectivity index (χ0) is 12.4. The van der Waals surface area contributed by atoms with Crippen molar-refractivity contribution in [2.24, 2.45) is 0 Å². The van der Waals surface area contributed by atoms with E-state index < -0.39 is 0 Å². The van der Waals surface area contributed by atoms with Crippen molar-refractivity contribution in [3.63, 3.8) is 0 Å². The molecule has 1 aromatic rings. The van der Waals surface area contributed by atoms with Crippen molar-refractivity contribution in [3.8, 4) is 0 Å². The molecule has 0 radical (unpaired) electrons. The van der Waals surface area contributed by atoms with E-state index in [1.54, 1.807) is 18.2 Å². The molecule has 92 valence electrons. The van der Waals surface area contributed by atoms with Gasteiger partial charge in [-0.15, -0.1) is 0 Å². The van der Waals surface area contributed by atoms with Crippen LogP contribution in [0.3, 0.4) is 0 Å². The fourth-order valence-electron chi connectivity index (χ4n) is 1.96. The number of amides is 1. The highest BCUT2D eigenvalue weighted by Crippen LogP contribution is 2.30. The minimum atomic E-state index is 0.0310. The minimum absolute atomic E-state index is 0.0310. The van der Waals surface area contributed by atoms with Gasteiger partial charge in [-0.05, 0) is 37.5 Å². The lowest BCUT2D eigenvalue weighted by Gasteiger charge is -2.22. The summed E-state index contributed by atoms with van der Waals surface area (Å²) >= 11 is 5.83. The van der Waals surface area contributed by atoms with Crippen molar-refractivity contribution in [1.82, 2.24) is 4.90 Å². The second kappa shape index (κ2) is 4.96. The fraction of sp³-hybridized carbons (Fsp3) is 0.462. The predicted octanol–water partition coefficient (Wildman–Crippen LogP) is 2.94. The number of nitrogens with zero attached hydrogens (tertiary/aromatic N) is 1. The van der Waals surface area contributed by atoms with Crippen LogP contribution in [0.2, 0.25) is 5.02 Å². The summed E-state index contributed by atoms with van der Waals surface area (Å²) in [4.78, 5) is 14.3. The van der Waals surface area contributed by atoms with Crippen molar-refractivity contribution in [3.05, 3.63) is 28.8 Å². The number of nitrogen functional groups attached to an aromatic ring is 1. The molecule has 4 heteroatoms. The average molecular weight is 253 g/mol. The Morgan fingerprint density at radius 3 is 2.76 bits per heavy atom. The third-order valence-electron chi connectivity index (χ3n) is 2.96. The van der Waals surface area contributed by atoms with Crippen LogP contribution < -0.4 is 5.73 Å². The van der Waals surface area contributed by atoms with Gasteiger partial charge in [-0.2, -0.15) is 0 Å². The Kier molecular flexibility index (Phi) is 3.57. The number of carbonyl (C=O) groups excluding carboxylic acids is 1. The molecule has 0 aliphatic heterocycles. The van der Waals surface area contributed by atoms with Gasteiger partial charge in [-0.3, -0.25) is 4.79 Å². The van der Waals surface area contributed by atoms with Crippen LogP contribution >= 0.6 is 11.6 Å². The maximum absolute atomic E-state index is 12.4. The van der Waals surface area contributed by atoms with Crippen LogP contribution in [0.15, 0.2) is 18.2 Å². The number of carbonyl (C=O) groups is 1. The largest absolute Gasteiger partial charge is 0.398 e. The van der Waals surface area contributed by atoms with Crippen LogP contribution in [0.4, 0.5) is 5.69 Å². The van der Waals surface area contributed by atoms with E-state index in [1.807, 2.05) is 4.90 Å². The van der Waals surface area contributed by atoms with Crippen molar-refractivity contribution in [2.45, 2.75) is 32.2 Å². The topological polar surface area (TPSA) is 46.3 Å². The van der Waals surface area contributed by atoms with E-state index in [2.05, 4.69) is 6.92 Å². The maximum atomic E-state index is 12.4. The molecule has 0 unspecified atom stereocenters. The van der Waals surface area contributed by atoms with Crippen LogP contribution in [-0.2, 0) is 0 Å². The number of rotatable bonds is 4. The second-order valence-electron chi connectivity index (χ2n) is 4.46. The Balaban J connectivity index is 2.22. The highest BCUT2D eigenvalue weighted by atomic mass is 35.5. The van der Waals surface area contributed by atoms with Crippen molar-refractivity contribution < 1.29 is 4.79 Å². The normalized spacial score (nSPS) is 14.7. The van der Waals surface area contributed by atoms with E-state index in [0.717, 1.165) is 25.8 Å². The Morgan fingerprint density at radius 2 is 2.24 bits per heavy atom. The first-order valence-corrected chi connectivity index (χ1v) is 6.37. The number of halogens is 1. The third-order valence-corrected chi connectivity index (χ3v) is 3.19. The number of hydrogen-bond acceptors (Lipinski definition) is 2. The standard InChI is InChI=1S/C13H17ClN2O/c1-2-7-16(10-4-5-10)13(17)11-6-3-9(14)8-12(11)15/h3,6,8,10H,2,4-5,7,15H2,1H3. The first-order valence-electron chi connectivity index (χ1n) is 5.99. The van der Waals surface area contributed by atoms with Gasteiger partial charge in [-0.1, -0.05) is 18.5 Å². The highest BCUT2D eigenvalue weighted by Gasteiger charge is 2.32. The van der Waals surface area contributed by atoms with E-state index in [4.69, 9.17) is 17.3 Å². The second-order valence-corrected chi connectivity index (χ2v) is 4.90. The van der Waals surface area contributed by atoms with Gasteiger partial charge in [0.15, 0.2) is 0 Å². The third kappa shape index (κ3) is 2.72. The SMILES string of the molecule is CCCN(C(=O)c1ccc(Cl)cc1N)C1CC1. The molecule has 0 aromatic heterocycles. The monoisotopic (exact) mass is 252 g/mol. The highest BCUT2D eigenvalue weighted by molar-refractivity contribution is 6.31. The molecule has 1 aliphatic rings. The van der Waals surface area contributed by atoms with E-state index in [1.165, 1.54) is 0 Å². The van der Waals surface area contributed by atoms with E-state index >= 15 is 0 Å². The van der Waals surface area contributed by atoms with Gasteiger partial charge in [0.2, 0.25) is 0 Å². The summed E-state index contributed by atoms with van der Waals surface area (Å²) in [6.07, 6.45) is 3.19. The zero-order valence-corrected chi connectivity index (χ0v) is 10.7. The van der Waals surface area contributed by atoms with Crippen LogP contribution in [0, 0.1) is 0 Å². The first kappa shape index (κ1) is 12.2. The lowest BCUT2D eigenvalue weighted by atomic mass is 10.1. The van der Waals surface area contributed by atoms with Gasteiger partial charge in [-0.25, -0.2) is 0 Å². The molecular weight excluding hydrogens is 236 g/mol. The predicted molar refractivity (Wildman–Crippen MR) is 70.2 cm³/mol. The summed E-state index contributed by atoms with van der Waals surface area (Å²) in [6, 6.07) is 5.47. The molecule has 17 heavy (non-hydrogen) atoms. The summed E-state index contributed by atoms with van der Waals surface area (Å²) in [5.41, 5.74) is 6.87. The molecule has 1 fully saturated rings. The van der Waals surface area contributed by atoms with Gasteiger partial charge in [0.25, 0.3) is 5.91 Å². The number of benzene rings is 1. The molecule has 1 saturated carbocycles. The van der Waals surface area contributed by atoms with E-state index in [-0.39, 0.29) is 5.91 Å². The van der Waals surface area contributed by atoms with Crippen LogP contribution in [-0.4, -0.2) is 23.4 Å². The molecule has 1 aliphatic carbocycles. The molecule has 2 rings (SSSR count). The summed E-state index contributed by atoms with van der Waals surface area (Å²) in [5, 5.41) is 0.563. The average Bonchev–Trinajstić information content (AvgIpc) is 3.09. The van der Waals surface area contributed by atoms with Crippen LogP contribution in [0.1, 0.15) is 36.5 Å². The maximum Gasteiger partial charge on any atom is 0.256 e. The van der Waals surface area contributed by atoms with E-state index in [9.17, 15) is 4.79 Å². The Bertz CT molecular complexity index is 429. The van der Waals surface area contributed by atoms with Crippen molar-refractivity contribution >= 4 is 23.2 Å². The van der Waals surface area contributed by atoms with Gasteiger partial charge in [0.05, 0.1) is 5.56 Å². The molecule has 0 spiro atoms. The molecule has 3 nitrogen and oxygen atoms in total. The quantitative estimate of drug-likeness (QED) is 0.838. The van der Waals surface area contributed by atoms with Gasteiger partial charge in [0.1, 0.15) is 0 Å². The number of anilines is 1. The summed E-state index contributed by atoms with van der Waals surface area (Å²) in [6.45, 7) is 2.87. The van der Waals surface area contributed by atoms with Gasteiger partial charge >= 0.3 is 0 Å². The number of nitrogens with two attached hydrogens (primary N) is 1. The molecule has 0 saturated heterocycles. The molecular formula is C13H17ClN2O. The van der Waals surface area contributed by atoms with Crippen molar-refractivity contribution in [2.75, 3.05) is 12.3 Å². The molecule has 1 aromatic carbocycles. The fourth-order valence-corrected chi connectivity index (χ4v) is 2.14. The molecule has 0 heterocycles. The lowest BCUT2D eigenvalue weighted by Crippen LogP contribution is -2.34. The van der Waals surface area contributed by atoms with Gasteiger partial charge < -0.3 is 10.6 Å². The molecule has 0 bridgehead atoms. The first-order chi connectivity index (χ1) is 8.13. The zero-order valence-electron chi connectivity index (χ0n) is 9.95. The van der Waals surface area contributed by atoms with E-state index in [0.29, 0.717) is 22.3 Å². The summed E-state index contributed by atoms with van der Waals surface area (Å²) in [5.74, 6) is 0.0310. The molecule has 0 atom stereocenters. The van der Waals surface area contributed by atoms with Gasteiger partial charge in [0, 0.05) is 23.3 Å². The summed E-state index contributed by atoms with van der Waals surface area (Å²) in [7, 11) is 0. The summed E-state index contributed by atoms with van der Waals surface area (Å²) < 4.78 is 0. The minimum Gasteiger partial charge on any atom is -0.398 e. The lowest BCUT2D eigenvalue weighted by molar-refractivity contribution is 0.0744. The smallest absolute Gasteiger partial charge is 0.256 e. The molecule has 2 N–H and O–H groups in total. The van der Waals surface area contributed by atoms with Crippen LogP contribution in [0.5, 0.6) is 0 Å². The Hall–Kier alpha value is -1.22. The van der Waals surface area contributed by atoms with Crippen molar-refractivity contribution in [1.29, 1.82) is 0 Å². The Labute approximate surface area is 107 Å². The van der Waals surface area contributed by atoms with Crippen LogP contribution in [0.25, 0.3) is 0 Å². The number of hydrogen-bond donors (Lipinski definition) is 1.